The molecule has 3 aromatic rings. The summed E-state index contributed by atoms with van der Waals surface area (Å²) in [5.74, 6) is 0.655. The number of anilines is 2. The number of hydrogen-bond donors (Lipinski definition) is 1. The van der Waals surface area contributed by atoms with E-state index in [1.54, 1.807) is 6.20 Å². The first kappa shape index (κ1) is 13.1. The minimum Gasteiger partial charge on any atom is -0.336 e. The average Bonchev–Trinajstić information content (AvgIpc) is 2.80. The molecule has 0 spiro atoms. The van der Waals surface area contributed by atoms with Crippen molar-refractivity contribution in [2.45, 2.75) is 0 Å². The Kier molecular flexibility index (Phi) is 3.64. The summed E-state index contributed by atoms with van der Waals surface area (Å²) in [4.78, 5) is 8.67. The molecule has 0 fully saturated rings. The molecule has 0 aliphatic rings. The van der Waals surface area contributed by atoms with Gasteiger partial charge in [-0.2, -0.15) is 0 Å². The Morgan fingerprint density at radius 1 is 1.37 bits per heavy atom. The third-order valence-electron chi connectivity index (χ3n) is 2.53. The van der Waals surface area contributed by atoms with Gasteiger partial charge in [0.05, 0.1) is 10.7 Å². The van der Waals surface area contributed by atoms with Crippen LogP contribution in [0.2, 0.25) is 5.02 Å². The van der Waals surface area contributed by atoms with Gasteiger partial charge in [0, 0.05) is 22.2 Å². The number of nitrogens with one attached hydrogen (secondary N) is 1. The molecule has 1 aromatic carbocycles. The maximum atomic E-state index is 6.21. The Morgan fingerprint density at radius 2 is 2.21 bits per heavy atom. The SMILES string of the molecule is Clc1cc(I)ccc1Nc1nc(Br)cn2ccnc12. The summed E-state index contributed by atoms with van der Waals surface area (Å²) in [6.45, 7) is 0. The number of rotatable bonds is 2. The zero-order chi connectivity index (χ0) is 13.4. The molecule has 1 N–H and O–H groups in total. The van der Waals surface area contributed by atoms with E-state index in [4.69, 9.17) is 11.6 Å². The van der Waals surface area contributed by atoms with E-state index in [1.807, 2.05) is 35.0 Å². The second-order valence-electron chi connectivity index (χ2n) is 3.82. The van der Waals surface area contributed by atoms with Crippen molar-refractivity contribution in [1.29, 1.82) is 0 Å². The predicted molar refractivity (Wildman–Crippen MR) is 88.1 cm³/mol. The largest absolute Gasteiger partial charge is 0.336 e. The van der Waals surface area contributed by atoms with Gasteiger partial charge in [0.25, 0.3) is 0 Å². The van der Waals surface area contributed by atoms with Crippen molar-refractivity contribution >= 4 is 67.3 Å². The number of benzene rings is 1. The van der Waals surface area contributed by atoms with Crippen LogP contribution in [0.4, 0.5) is 11.5 Å². The van der Waals surface area contributed by atoms with Crippen LogP contribution in [0.25, 0.3) is 5.65 Å². The van der Waals surface area contributed by atoms with Crippen LogP contribution in [0.1, 0.15) is 0 Å². The fraction of sp³-hybridized carbons (Fsp3) is 0. The molecule has 0 aliphatic carbocycles. The summed E-state index contributed by atoms with van der Waals surface area (Å²) < 4.78 is 3.70. The lowest BCUT2D eigenvalue weighted by Crippen LogP contribution is -1.99. The van der Waals surface area contributed by atoms with Crippen LogP contribution in [0, 0.1) is 3.57 Å². The molecule has 0 amide bonds. The van der Waals surface area contributed by atoms with E-state index >= 15 is 0 Å². The van der Waals surface area contributed by atoms with Crippen LogP contribution < -0.4 is 5.32 Å². The topological polar surface area (TPSA) is 42.2 Å². The molecule has 0 saturated carbocycles. The number of aromatic nitrogens is 3. The molecule has 0 aliphatic heterocycles. The van der Waals surface area contributed by atoms with E-state index in [0.717, 1.165) is 19.5 Å². The standard InChI is InChI=1S/C12H7BrClIN4/c13-10-6-19-4-3-16-12(19)11(18-10)17-9-2-1-7(15)5-8(9)14/h1-6H,(H,17,18). The van der Waals surface area contributed by atoms with Gasteiger partial charge in [0.15, 0.2) is 11.5 Å². The molecule has 19 heavy (non-hydrogen) atoms. The van der Waals surface area contributed by atoms with Crippen molar-refractivity contribution in [3.8, 4) is 0 Å². The van der Waals surface area contributed by atoms with E-state index in [2.05, 4.69) is 53.8 Å². The van der Waals surface area contributed by atoms with Crippen LogP contribution in [0.3, 0.4) is 0 Å². The number of fused-ring (bicyclic) bond motifs is 1. The molecule has 0 atom stereocenters. The van der Waals surface area contributed by atoms with Gasteiger partial charge in [-0.15, -0.1) is 0 Å². The van der Waals surface area contributed by atoms with Crippen LogP contribution in [-0.4, -0.2) is 14.4 Å². The Balaban J connectivity index is 2.07. The highest BCUT2D eigenvalue weighted by Gasteiger charge is 2.08. The van der Waals surface area contributed by atoms with Gasteiger partial charge < -0.3 is 9.72 Å². The lowest BCUT2D eigenvalue weighted by Gasteiger charge is -2.09. The van der Waals surface area contributed by atoms with E-state index in [9.17, 15) is 0 Å². The Morgan fingerprint density at radius 3 is 3.00 bits per heavy atom. The first-order valence-electron chi connectivity index (χ1n) is 5.35. The number of halogens is 3. The molecule has 96 valence electrons. The maximum absolute atomic E-state index is 6.21. The highest BCUT2D eigenvalue weighted by atomic mass is 127. The highest BCUT2D eigenvalue weighted by Crippen LogP contribution is 2.28. The van der Waals surface area contributed by atoms with Gasteiger partial charge in [0.2, 0.25) is 0 Å². The summed E-state index contributed by atoms with van der Waals surface area (Å²) in [5, 5.41) is 3.86. The molecule has 0 bridgehead atoms. The zero-order valence-corrected chi connectivity index (χ0v) is 13.9. The Labute approximate surface area is 136 Å². The Bertz CT molecular complexity index is 759. The minimum absolute atomic E-state index is 0.651. The molecule has 2 heterocycles. The molecular weight excluding hydrogens is 442 g/mol. The quantitative estimate of drug-likeness (QED) is 0.586. The van der Waals surface area contributed by atoms with Gasteiger partial charge in [0.1, 0.15) is 4.60 Å². The van der Waals surface area contributed by atoms with Crippen LogP contribution >= 0.6 is 50.1 Å². The summed E-state index contributed by atoms with van der Waals surface area (Å²) in [7, 11) is 0. The predicted octanol–water partition coefficient (Wildman–Crippen LogP) is 4.49. The summed E-state index contributed by atoms with van der Waals surface area (Å²) in [6, 6.07) is 5.80. The minimum atomic E-state index is 0.651. The van der Waals surface area contributed by atoms with Crippen molar-refractivity contribution < 1.29 is 0 Å². The lowest BCUT2D eigenvalue weighted by atomic mass is 10.3. The molecule has 0 radical (unpaired) electrons. The number of nitrogens with zero attached hydrogens (tertiary/aromatic N) is 3. The third kappa shape index (κ3) is 2.70. The van der Waals surface area contributed by atoms with E-state index < -0.39 is 0 Å². The average molecular weight is 449 g/mol. The van der Waals surface area contributed by atoms with E-state index in [1.165, 1.54) is 0 Å². The van der Waals surface area contributed by atoms with Gasteiger partial charge in [-0.25, -0.2) is 9.97 Å². The van der Waals surface area contributed by atoms with Crippen LogP contribution in [-0.2, 0) is 0 Å². The third-order valence-corrected chi connectivity index (χ3v) is 3.89. The first-order valence-corrected chi connectivity index (χ1v) is 7.60. The fourth-order valence-electron chi connectivity index (χ4n) is 1.70. The molecule has 3 rings (SSSR count). The van der Waals surface area contributed by atoms with Crippen molar-refractivity contribution in [3.05, 3.63) is 50.0 Å². The number of imidazole rings is 1. The molecular formula is C12H7BrClIN4. The van der Waals surface area contributed by atoms with Crippen molar-refractivity contribution in [2.24, 2.45) is 0 Å². The zero-order valence-electron chi connectivity index (χ0n) is 9.44. The first-order chi connectivity index (χ1) is 9.13. The lowest BCUT2D eigenvalue weighted by molar-refractivity contribution is 1.10. The molecule has 0 unspecified atom stereocenters. The smallest absolute Gasteiger partial charge is 0.180 e. The number of hydrogen-bond acceptors (Lipinski definition) is 3. The second-order valence-corrected chi connectivity index (χ2v) is 6.28. The highest BCUT2D eigenvalue weighted by molar-refractivity contribution is 14.1. The van der Waals surface area contributed by atoms with Gasteiger partial charge in [-0.05, 0) is 56.7 Å². The molecule has 4 nitrogen and oxygen atoms in total. The molecule has 0 saturated heterocycles. The fourth-order valence-corrected chi connectivity index (χ4v) is 3.00. The van der Waals surface area contributed by atoms with Gasteiger partial charge >= 0.3 is 0 Å². The molecule has 7 heteroatoms. The van der Waals surface area contributed by atoms with E-state index in [0.29, 0.717) is 10.8 Å². The van der Waals surface area contributed by atoms with Crippen LogP contribution in [0.15, 0.2) is 41.4 Å². The van der Waals surface area contributed by atoms with Gasteiger partial charge in [-0.1, -0.05) is 11.6 Å². The maximum Gasteiger partial charge on any atom is 0.180 e. The van der Waals surface area contributed by atoms with E-state index in [-0.39, 0.29) is 0 Å². The van der Waals surface area contributed by atoms with Crippen LogP contribution in [0.5, 0.6) is 0 Å². The summed E-state index contributed by atoms with van der Waals surface area (Å²) >= 11 is 11.8. The van der Waals surface area contributed by atoms with Crippen molar-refractivity contribution in [2.75, 3.05) is 5.32 Å². The normalized spacial score (nSPS) is 10.9. The van der Waals surface area contributed by atoms with Crippen molar-refractivity contribution in [1.82, 2.24) is 14.4 Å². The monoisotopic (exact) mass is 448 g/mol. The molecule has 2 aromatic heterocycles. The Hall–Kier alpha value is -0.860. The second kappa shape index (κ2) is 5.26. The van der Waals surface area contributed by atoms with Gasteiger partial charge in [-0.3, -0.25) is 0 Å². The van der Waals surface area contributed by atoms with Crippen molar-refractivity contribution in [3.63, 3.8) is 0 Å². The summed E-state index contributed by atoms with van der Waals surface area (Å²) in [6.07, 6.45) is 5.44. The summed E-state index contributed by atoms with van der Waals surface area (Å²) in [5.41, 5.74) is 1.55.